The fourth-order valence-electron chi connectivity index (χ4n) is 1.33. The van der Waals surface area contributed by atoms with E-state index in [0.717, 1.165) is 11.7 Å². The number of nitrogens with zero attached hydrogens (tertiary/aromatic N) is 1. The molecular weight excluding hydrogens is 181 g/mol. The summed E-state index contributed by atoms with van der Waals surface area (Å²) in [5.74, 6) is 0. The van der Waals surface area contributed by atoms with Crippen LogP contribution in [0.2, 0.25) is 0 Å². The lowest BCUT2D eigenvalue weighted by atomic mass is 10.1. The smallest absolute Gasteiger partial charge is 0.151 e. The second kappa shape index (κ2) is 3.54. The van der Waals surface area contributed by atoms with E-state index in [9.17, 15) is 9.18 Å². The molecule has 0 saturated heterocycles. The van der Waals surface area contributed by atoms with Crippen molar-refractivity contribution < 1.29 is 9.18 Å². The van der Waals surface area contributed by atoms with Crippen molar-refractivity contribution in [1.82, 2.24) is 4.98 Å². The topological polar surface area (TPSA) is 30.0 Å². The van der Waals surface area contributed by atoms with Crippen LogP contribution in [-0.2, 0) is 6.67 Å². The Kier molecular flexibility index (Phi) is 2.23. The van der Waals surface area contributed by atoms with Crippen LogP contribution < -0.4 is 0 Å². The third kappa shape index (κ3) is 1.48. The molecule has 0 aliphatic heterocycles. The first-order valence-corrected chi connectivity index (χ1v) is 4.23. The predicted octanol–water partition coefficient (Wildman–Crippen LogP) is 2.52. The van der Waals surface area contributed by atoms with Gasteiger partial charge in [0.1, 0.15) is 6.67 Å². The van der Waals surface area contributed by atoms with Gasteiger partial charge in [-0.05, 0) is 17.7 Å². The molecule has 70 valence electrons. The molecule has 1 aromatic carbocycles. The molecule has 1 aromatic heterocycles. The second-order valence-corrected chi connectivity index (χ2v) is 3.05. The highest BCUT2D eigenvalue weighted by atomic mass is 19.1. The summed E-state index contributed by atoms with van der Waals surface area (Å²) in [6.07, 6.45) is 2.23. The summed E-state index contributed by atoms with van der Waals surface area (Å²) < 4.78 is 12.3. The number of aromatic nitrogens is 1. The van der Waals surface area contributed by atoms with Crippen molar-refractivity contribution in [1.29, 1.82) is 0 Å². The van der Waals surface area contributed by atoms with Gasteiger partial charge in [-0.3, -0.25) is 9.78 Å². The van der Waals surface area contributed by atoms with E-state index in [-0.39, 0.29) is 0 Å². The Morgan fingerprint density at radius 2 is 2.21 bits per heavy atom. The molecule has 2 aromatic rings. The van der Waals surface area contributed by atoms with Gasteiger partial charge in [0, 0.05) is 17.1 Å². The monoisotopic (exact) mass is 189 g/mol. The third-order valence-electron chi connectivity index (χ3n) is 2.06. The first-order chi connectivity index (χ1) is 6.83. The minimum absolute atomic E-state index is 0.493. The summed E-state index contributed by atoms with van der Waals surface area (Å²) in [5.41, 5.74) is 1.85. The minimum Gasteiger partial charge on any atom is -0.298 e. The summed E-state index contributed by atoms with van der Waals surface area (Å²) in [6.45, 7) is -0.493. The van der Waals surface area contributed by atoms with Gasteiger partial charge in [0.15, 0.2) is 6.29 Å². The molecule has 2 nitrogen and oxygen atoms in total. The SMILES string of the molecule is O=Cc1cnc2cc(CF)ccc2c1. The minimum atomic E-state index is -0.493. The standard InChI is InChI=1S/C11H8FNO/c12-5-8-1-2-10-3-9(7-14)6-13-11(10)4-8/h1-4,6-7H,5H2. The van der Waals surface area contributed by atoms with Crippen LogP contribution in [0, 0.1) is 0 Å². The maximum atomic E-state index is 12.3. The number of hydrogen-bond acceptors (Lipinski definition) is 2. The van der Waals surface area contributed by atoms with Crippen LogP contribution in [0.3, 0.4) is 0 Å². The Balaban J connectivity index is 2.63. The van der Waals surface area contributed by atoms with Gasteiger partial charge in [-0.2, -0.15) is 0 Å². The summed E-state index contributed by atoms with van der Waals surface area (Å²) in [4.78, 5) is 14.5. The molecule has 2 rings (SSSR count). The van der Waals surface area contributed by atoms with E-state index in [0.29, 0.717) is 16.6 Å². The highest BCUT2D eigenvalue weighted by molar-refractivity contribution is 5.85. The fraction of sp³-hybridized carbons (Fsp3) is 0.0909. The molecule has 0 aliphatic carbocycles. The zero-order chi connectivity index (χ0) is 9.97. The Hall–Kier alpha value is -1.77. The molecule has 0 bridgehead atoms. The van der Waals surface area contributed by atoms with Crippen molar-refractivity contribution in [2.75, 3.05) is 0 Å². The van der Waals surface area contributed by atoms with Crippen molar-refractivity contribution in [3.8, 4) is 0 Å². The Labute approximate surface area is 80.4 Å². The number of fused-ring (bicyclic) bond motifs is 1. The molecule has 0 spiro atoms. The number of alkyl halides is 1. The molecule has 0 radical (unpaired) electrons. The molecule has 0 fully saturated rings. The number of carbonyl (C=O) groups excluding carboxylic acids is 1. The zero-order valence-corrected chi connectivity index (χ0v) is 7.40. The highest BCUT2D eigenvalue weighted by Gasteiger charge is 1.98. The van der Waals surface area contributed by atoms with Gasteiger partial charge in [0.25, 0.3) is 0 Å². The van der Waals surface area contributed by atoms with E-state index in [1.807, 2.05) is 0 Å². The number of pyridine rings is 1. The van der Waals surface area contributed by atoms with Crippen LogP contribution >= 0.6 is 0 Å². The Morgan fingerprint density at radius 1 is 1.36 bits per heavy atom. The number of rotatable bonds is 2. The van der Waals surface area contributed by atoms with Crippen molar-refractivity contribution in [3.05, 3.63) is 41.6 Å². The lowest BCUT2D eigenvalue weighted by Gasteiger charge is -1.99. The van der Waals surface area contributed by atoms with Gasteiger partial charge in [0.05, 0.1) is 5.52 Å². The molecule has 0 unspecified atom stereocenters. The van der Waals surface area contributed by atoms with Gasteiger partial charge < -0.3 is 0 Å². The molecule has 0 aliphatic rings. The molecule has 0 saturated carbocycles. The van der Waals surface area contributed by atoms with Crippen molar-refractivity contribution >= 4 is 17.2 Å². The predicted molar refractivity (Wildman–Crippen MR) is 51.9 cm³/mol. The summed E-state index contributed by atoms with van der Waals surface area (Å²) in [6, 6.07) is 6.88. The molecular formula is C11H8FNO. The summed E-state index contributed by atoms with van der Waals surface area (Å²) >= 11 is 0. The highest BCUT2D eigenvalue weighted by Crippen LogP contribution is 2.15. The third-order valence-corrected chi connectivity index (χ3v) is 2.06. The number of benzene rings is 1. The first kappa shape index (κ1) is 8.81. The molecule has 1 heterocycles. The Morgan fingerprint density at radius 3 is 2.93 bits per heavy atom. The van der Waals surface area contributed by atoms with Crippen molar-refractivity contribution in [2.45, 2.75) is 6.67 Å². The van der Waals surface area contributed by atoms with Crippen LogP contribution in [0.25, 0.3) is 10.9 Å². The van der Waals surface area contributed by atoms with Crippen LogP contribution in [0.1, 0.15) is 15.9 Å². The molecule has 3 heteroatoms. The van der Waals surface area contributed by atoms with E-state index >= 15 is 0 Å². The van der Waals surface area contributed by atoms with E-state index in [1.54, 1.807) is 24.3 Å². The number of hydrogen-bond donors (Lipinski definition) is 0. The van der Waals surface area contributed by atoms with Gasteiger partial charge in [0.2, 0.25) is 0 Å². The van der Waals surface area contributed by atoms with Gasteiger partial charge in [-0.15, -0.1) is 0 Å². The molecule has 0 amide bonds. The second-order valence-electron chi connectivity index (χ2n) is 3.05. The van der Waals surface area contributed by atoms with Crippen LogP contribution in [0.15, 0.2) is 30.5 Å². The summed E-state index contributed by atoms with van der Waals surface area (Å²) in [5, 5.41) is 0.854. The van der Waals surface area contributed by atoms with E-state index < -0.39 is 6.67 Å². The quantitative estimate of drug-likeness (QED) is 0.679. The average molecular weight is 189 g/mol. The van der Waals surface area contributed by atoms with Crippen molar-refractivity contribution in [3.63, 3.8) is 0 Å². The van der Waals surface area contributed by atoms with Crippen LogP contribution in [0.4, 0.5) is 4.39 Å². The number of carbonyl (C=O) groups is 1. The lowest BCUT2D eigenvalue weighted by molar-refractivity contribution is 0.112. The van der Waals surface area contributed by atoms with Gasteiger partial charge >= 0.3 is 0 Å². The first-order valence-electron chi connectivity index (χ1n) is 4.23. The van der Waals surface area contributed by atoms with Gasteiger partial charge in [-0.25, -0.2) is 4.39 Å². The van der Waals surface area contributed by atoms with E-state index in [4.69, 9.17) is 0 Å². The lowest BCUT2D eigenvalue weighted by Crippen LogP contribution is -1.86. The van der Waals surface area contributed by atoms with Gasteiger partial charge in [-0.1, -0.05) is 12.1 Å². The summed E-state index contributed by atoms with van der Waals surface area (Å²) in [7, 11) is 0. The normalized spacial score (nSPS) is 10.4. The Bertz CT molecular complexity index is 482. The molecule has 14 heavy (non-hydrogen) atoms. The molecule has 0 atom stereocenters. The van der Waals surface area contributed by atoms with Crippen LogP contribution in [0.5, 0.6) is 0 Å². The van der Waals surface area contributed by atoms with E-state index in [2.05, 4.69) is 4.98 Å². The molecule has 0 N–H and O–H groups in total. The van der Waals surface area contributed by atoms with Crippen molar-refractivity contribution in [2.24, 2.45) is 0 Å². The largest absolute Gasteiger partial charge is 0.298 e. The fourth-order valence-corrected chi connectivity index (χ4v) is 1.33. The van der Waals surface area contributed by atoms with E-state index in [1.165, 1.54) is 6.20 Å². The average Bonchev–Trinajstić information content (AvgIpc) is 2.27. The maximum absolute atomic E-state index is 12.3. The number of aldehydes is 1. The zero-order valence-electron chi connectivity index (χ0n) is 7.40. The van der Waals surface area contributed by atoms with Crippen LogP contribution in [-0.4, -0.2) is 11.3 Å². The number of halogens is 1. The maximum Gasteiger partial charge on any atom is 0.151 e.